The van der Waals surface area contributed by atoms with E-state index in [4.69, 9.17) is 9.84 Å². The lowest BCUT2D eigenvalue weighted by molar-refractivity contribution is -0.148. The average molecular weight is 376 g/mol. The smallest absolute Gasteiger partial charge is 0.334 e. The van der Waals surface area contributed by atoms with Crippen LogP contribution in [0.5, 0.6) is 0 Å². The van der Waals surface area contributed by atoms with Crippen molar-refractivity contribution in [3.05, 3.63) is 17.0 Å². The summed E-state index contributed by atoms with van der Waals surface area (Å²) in [4.78, 5) is 24.1. The van der Waals surface area contributed by atoms with E-state index in [0.29, 0.717) is 12.8 Å². The number of aryl methyl sites for hydroxylation is 1. The first-order chi connectivity index (χ1) is 11.3. The summed E-state index contributed by atoms with van der Waals surface area (Å²) in [6.45, 7) is 1.87. The number of carboxylic acid groups (broad SMARTS) is 1. The van der Waals surface area contributed by atoms with E-state index in [0.717, 1.165) is 16.2 Å². The lowest BCUT2D eigenvalue weighted by Gasteiger charge is -2.23. The van der Waals surface area contributed by atoms with E-state index in [2.05, 4.69) is 5.32 Å². The predicted molar refractivity (Wildman–Crippen MR) is 87.4 cm³/mol. The third-order valence-electron chi connectivity index (χ3n) is 3.81. The molecule has 0 radical (unpaired) electrons. The summed E-state index contributed by atoms with van der Waals surface area (Å²) in [5, 5.41) is 11.4. The minimum absolute atomic E-state index is 0.208. The second-order valence-electron chi connectivity index (χ2n) is 5.45. The average Bonchev–Trinajstić information content (AvgIpc) is 3.16. The Hall–Kier alpha value is -1.49. The Kier molecular flexibility index (Phi) is 5.97. The summed E-state index contributed by atoms with van der Waals surface area (Å²) in [5.41, 5.74) is 0. The second kappa shape index (κ2) is 7.60. The van der Waals surface area contributed by atoms with Gasteiger partial charge in [0.2, 0.25) is 5.91 Å². The van der Waals surface area contributed by atoms with Crippen LogP contribution in [-0.4, -0.2) is 62.1 Å². The largest absolute Gasteiger partial charge is 0.479 e. The maximum Gasteiger partial charge on any atom is 0.334 e. The second-order valence-corrected chi connectivity index (χ2v) is 8.85. The number of carbonyl (C=O) groups is 2. The van der Waals surface area contributed by atoms with Gasteiger partial charge in [0, 0.05) is 18.5 Å². The number of nitrogens with one attached hydrogen (secondary N) is 1. The molecule has 1 aliphatic rings. The number of methoxy groups -OCH3 is 1. The maximum atomic E-state index is 12.7. The van der Waals surface area contributed by atoms with Crippen LogP contribution >= 0.6 is 11.3 Å². The molecule has 0 saturated carbocycles. The summed E-state index contributed by atoms with van der Waals surface area (Å²) >= 11 is 1.16. The van der Waals surface area contributed by atoms with Gasteiger partial charge >= 0.3 is 5.97 Å². The van der Waals surface area contributed by atoms with Crippen molar-refractivity contribution in [2.45, 2.75) is 36.1 Å². The van der Waals surface area contributed by atoms with Crippen LogP contribution in [0.1, 0.15) is 17.7 Å². The fourth-order valence-corrected chi connectivity index (χ4v) is 5.61. The molecule has 0 bridgehead atoms. The molecule has 2 rings (SSSR count). The zero-order valence-corrected chi connectivity index (χ0v) is 15.0. The van der Waals surface area contributed by atoms with Gasteiger partial charge in [0.25, 0.3) is 10.0 Å². The van der Waals surface area contributed by atoms with E-state index in [1.54, 1.807) is 6.07 Å². The highest BCUT2D eigenvalue weighted by molar-refractivity contribution is 7.91. The Morgan fingerprint density at radius 1 is 1.50 bits per heavy atom. The van der Waals surface area contributed by atoms with Gasteiger partial charge < -0.3 is 15.2 Å². The van der Waals surface area contributed by atoms with Gasteiger partial charge in [-0.3, -0.25) is 4.79 Å². The van der Waals surface area contributed by atoms with Crippen molar-refractivity contribution in [1.82, 2.24) is 9.62 Å². The molecule has 1 saturated heterocycles. The number of hydrogen-bond acceptors (Lipinski definition) is 6. The van der Waals surface area contributed by atoms with E-state index in [9.17, 15) is 18.0 Å². The first-order valence-electron chi connectivity index (χ1n) is 7.39. The number of nitrogens with zero attached hydrogens (tertiary/aromatic N) is 1. The Labute approximate surface area is 144 Å². The van der Waals surface area contributed by atoms with Crippen molar-refractivity contribution >= 4 is 33.2 Å². The van der Waals surface area contributed by atoms with Crippen LogP contribution in [-0.2, 0) is 24.3 Å². The highest BCUT2D eigenvalue weighted by atomic mass is 32.2. The SMILES string of the molecule is COC(CNC(=O)C1CCCN1S(=O)(=O)c1ccc(C)s1)C(=O)O. The van der Waals surface area contributed by atoms with Gasteiger partial charge in [-0.15, -0.1) is 11.3 Å². The van der Waals surface area contributed by atoms with Crippen molar-refractivity contribution in [3.63, 3.8) is 0 Å². The quantitative estimate of drug-likeness (QED) is 0.713. The van der Waals surface area contributed by atoms with Crippen LogP contribution in [0, 0.1) is 6.92 Å². The number of hydrogen-bond donors (Lipinski definition) is 2. The molecule has 0 spiro atoms. The van der Waals surface area contributed by atoms with E-state index in [1.165, 1.54) is 17.5 Å². The standard InChI is InChI=1S/C14H20N2O6S2/c1-9-5-6-12(23-9)24(20,21)16-7-3-4-10(16)13(17)15-8-11(22-2)14(18)19/h5-6,10-11H,3-4,7-8H2,1-2H3,(H,15,17)(H,18,19). The number of thiophene rings is 1. The monoisotopic (exact) mass is 376 g/mol. The molecule has 0 aromatic carbocycles. The fourth-order valence-electron chi connectivity index (χ4n) is 2.54. The molecule has 2 atom stereocenters. The Bertz CT molecular complexity index is 715. The van der Waals surface area contributed by atoms with E-state index >= 15 is 0 Å². The number of ether oxygens (including phenoxy) is 1. The zero-order valence-electron chi connectivity index (χ0n) is 13.4. The molecule has 1 amide bonds. The third-order valence-corrected chi connectivity index (χ3v) is 7.18. The first kappa shape index (κ1) is 18.8. The molecule has 1 fully saturated rings. The molecule has 10 heteroatoms. The Morgan fingerprint density at radius 3 is 2.75 bits per heavy atom. The lowest BCUT2D eigenvalue weighted by Crippen LogP contribution is -2.48. The van der Waals surface area contributed by atoms with Gasteiger partial charge in [-0.1, -0.05) is 0 Å². The number of amides is 1. The minimum atomic E-state index is -3.73. The van der Waals surface area contributed by atoms with Crippen LogP contribution < -0.4 is 5.32 Å². The molecule has 134 valence electrons. The van der Waals surface area contributed by atoms with E-state index in [1.807, 2.05) is 6.92 Å². The van der Waals surface area contributed by atoms with Crippen molar-refractivity contribution in [2.24, 2.45) is 0 Å². The van der Waals surface area contributed by atoms with Gasteiger partial charge in [-0.25, -0.2) is 13.2 Å². The molecule has 24 heavy (non-hydrogen) atoms. The summed E-state index contributed by atoms with van der Waals surface area (Å²) in [6.07, 6.45) is -0.186. The summed E-state index contributed by atoms with van der Waals surface area (Å²) in [6, 6.07) is 2.43. The van der Waals surface area contributed by atoms with Crippen molar-refractivity contribution in [3.8, 4) is 0 Å². The van der Waals surface area contributed by atoms with Crippen LogP contribution in [0.4, 0.5) is 0 Å². The molecule has 2 N–H and O–H groups in total. The molecule has 1 aromatic rings. The van der Waals surface area contributed by atoms with Crippen LogP contribution in [0.15, 0.2) is 16.3 Å². The van der Waals surface area contributed by atoms with E-state index in [-0.39, 0.29) is 17.3 Å². The Balaban J connectivity index is 2.10. The molecule has 1 aromatic heterocycles. The van der Waals surface area contributed by atoms with Crippen LogP contribution in [0.25, 0.3) is 0 Å². The molecule has 8 nitrogen and oxygen atoms in total. The number of aliphatic carboxylic acids is 1. The van der Waals surface area contributed by atoms with Crippen LogP contribution in [0.3, 0.4) is 0 Å². The molecule has 2 unspecified atom stereocenters. The summed E-state index contributed by atoms with van der Waals surface area (Å²) in [7, 11) is -2.50. The highest BCUT2D eigenvalue weighted by Crippen LogP contribution is 2.30. The zero-order chi connectivity index (χ0) is 17.9. The third kappa shape index (κ3) is 3.94. The molecule has 1 aliphatic heterocycles. The summed E-state index contributed by atoms with van der Waals surface area (Å²) < 4.78 is 31.6. The molecular formula is C14H20N2O6S2. The number of sulfonamides is 1. The first-order valence-corrected chi connectivity index (χ1v) is 9.64. The molecule has 0 aliphatic carbocycles. The van der Waals surface area contributed by atoms with Gasteiger partial charge in [0.05, 0.1) is 6.54 Å². The highest BCUT2D eigenvalue weighted by Gasteiger charge is 2.40. The normalized spacial score (nSPS) is 20.0. The van der Waals surface area contributed by atoms with Crippen molar-refractivity contribution < 1.29 is 27.9 Å². The van der Waals surface area contributed by atoms with E-state index < -0.39 is 34.0 Å². The lowest BCUT2D eigenvalue weighted by atomic mass is 10.2. The van der Waals surface area contributed by atoms with Gasteiger partial charge in [0.15, 0.2) is 6.10 Å². The van der Waals surface area contributed by atoms with Crippen molar-refractivity contribution in [1.29, 1.82) is 0 Å². The number of carbonyl (C=O) groups excluding carboxylic acids is 1. The molecule has 2 heterocycles. The molecular weight excluding hydrogens is 356 g/mol. The van der Waals surface area contributed by atoms with Gasteiger partial charge in [0.1, 0.15) is 10.3 Å². The van der Waals surface area contributed by atoms with Gasteiger partial charge in [-0.2, -0.15) is 4.31 Å². The minimum Gasteiger partial charge on any atom is -0.479 e. The van der Waals surface area contributed by atoms with Crippen LogP contribution in [0.2, 0.25) is 0 Å². The maximum absolute atomic E-state index is 12.7. The predicted octanol–water partition coefficient (Wildman–Crippen LogP) is 0.425. The fraction of sp³-hybridized carbons (Fsp3) is 0.571. The number of carboxylic acids is 1. The number of rotatable bonds is 7. The summed E-state index contributed by atoms with van der Waals surface area (Å²) in [5.74, 6) is -1.70. The topological polar surface area (TPSA) is 113 Å². The van der Waals surface area contributed by atoms with Gasteiger partial charge in [-0.05, 0) is 31.9 Å². The Morgan fingerprint density at radius 2 is 2.21 bits per heavy atom. The van der Waals surface area contributed by atoms with Crippen molar-refractivity contribution in [2.75, 3.05) is 20.2 Å².